The number of likely N-dealkylation sites (tertiary alicyclic amines) is 1. The molecule has 0 radical (unpaired) electrons. The van der Waals surface area contributed by atoms with Gasteiger partial charge in [0, 0.05) is 37.3 Å². The number of carbonyl (C=O) groups is 1. The zero-order chi connectivity index (χ0) is 20.9. The van der Waals surface area contributed by atoms with Gasteiger partial charge in [0.1, 0.15) is 11.4 Å². The van der Waals surface area contributed by atoms with Gasteiger partial charge in [0.2, 0.25) is 0 Å². The van der Waals surface area contributed by atoms with Crippen LogP contribution in [-0.2, 0) is 11.3 Å². The van der Waals surface area contributed by atoms with Gasteiger partial charge in [-0.25, -0.2) is 9.18 Å². The molecule has 1 amide bonds. The van der Waals surface area contributed by atoms with Crippen LogP contribution < -0.4 is 5.32 Å². The molecule has 2 rings (SSSR count). The van der Waals surface area contributed by atoms with E-state index in [1.165, 1.54) is 6.07 Å². The van der Waals surface area contributed by atoms with Crippen LogP contribution in [0.3, 0.4) is 0 Å². The van der Waals surface area contributed by atoms with E-state index in [4.69, 9.17) is 4.74 Å². The average Bonchev–Trinajstić information content (AvgIpc) is 2.62. The molecule has 0 aliphatic carbocycles. The normalized spacial score (nSPS) is 17.1. The van der Waals surface area contributed by atoms with Gasteiger partial charge >= 0.3 is 6.09 Å². The molecule has 6 nitrogen and oxygen atoms in total. The second kappa shape index (κ2) is 9.65. The molecule has 1 aromatic heterocycles. The first-order valence-electron chi connectivity index (χ1n) is 10.1. The molecule has 1 fully saturated rings. The Labute approximate surface area is 167 Å². The number of aromatic nitrogens is 1. The van der Waals surface area contributed by atoms with Crippen LogP contribution in [0.15, 0.2) is 12.1 Å². The van der Waals surface area contributed by atoms with Crippen molar-refractivity contribution in [3.63, 3.8) is 0 Å². The zero-order valence-corrected chi connectivity index (χ0v) is 17.7. The molecule has 158 valence electrons. The number of piperidine rings is 1. The Balaban J connectivity index is 1.97. The minimum atomic E-state index is -0.503. The molecule has 1 aliphatic rings. The highest BCUT2D eigenvalue weighted by molar-refractivity contribution is 5.68. The van der Waals surface area contributed by atoms with Crippen molar-refractivity contribution in [2.75, 3.05) is 19.7 Å². The summed E-state index contributed by atoms with van der Waals surface area (Å²) in [4.78, 5) is 18.5. The molecule has 0 aromatic carbocycles. The van der Waals surface area contributed by atoms with Crippen molar-refractivity contribution in [2.45, 2.75) is 71.6 Å². The number of hydrogen-bond donors (Lipinski definition) is 2. The minimum Gasteiger partial charge on any atom is -0.444 e. The number of aliphatic hydroxyl groups excluding tert-OH is 1. The second-order valence-corrected chi connectivity index (χ2v) is 8.82. The van der Waals surface area contributed by atoms with Crippen LogP contribution in [0.25, 0.3) is 0 Å². The number of halogens is 1. The molecule has 1 saturated heterocycles. The average molecular weight is 396 g/mol. The van der Waals surface area contributed by atoms with Crippen molar-refractivity contribution in [2.24, 2.45) is 5.92 Å². The second-order valence-electron chi connectivity index (χ2n) is 8.82. The first-order chi connectivity index (χ1) is 13.1. The topological polar surface area (TPSA) is 74.7 Å². The first kappa shape index (κ1) is 22.6. The van der Waals surface area contributed by atoms with E-state index < -0.39 is 5.60 Å². The maximum absolute atomic E-state index is 14.2. The molecular formula is C21H34FN3O3. The number of rotatable bonds is 6. The molecule has 1 aromatic rings. The lowest BCUT2D eigenvalue weighted by molar-refractivity contribution is 0.0204. The van der Waals surface area contributed by atoms with Gasteiger partial charge in [-0.2, -0.15) is 0 Å². The van der Waals surface area contributed by atoms with Crippen LogP contribution in [0.2, 0.25) is 0 Å². The van der Waals surface area contributed by atoms with E-state index in [9.17, 15) is 14.3 Å². The summed E-state index contributed by atoms with van der Waals surface area (Å²) < 4.78 is 19.6. The predicted molar refractivity (Wildman–Crippen MR) is 107 cm³/mol. The summed E-state index contributed by atoms with van der Waals surface area (Å²) in [6.45, 7) is 11.1. The van der Waals surface area contributed by atoms with Crippen LogP contribution in [0, 0.1) is 11.7 Å². The lowest BCUT2D eigenvalue weighted by atomic mass is 9.93. The third-order valence-electron chi connectivity index (χ3n) is 5.04. The standard InChI is InChI=1S/C21H34FN3O3/c1-14(2)19(13-26)23-12-18-16(22)6-7-17(24-18)15-8-10-25(11-9-15)20(27)28-21(3,4)5/h6-7,14-15,19,23,26H,8-13H2,1-5H3/t19-/m0/s1. The van der Waals surface area contributed by atoms with Gasteiger partial charge in [0.25, 0.3) is 0 Å². The summed E-state index contributed by atoms with van der Waals surface area (Å²) in [5.41, 5.74) is 0.717. The van der Waals surface area contributed by atoms with E-state index in [1.54, 1.807) is 11.0 Å². The number of hydrogen-bond acceptors (Lipinski definition) is 5. The SMILES string of the molecule is CC(C)[C@H](CO)NCc1nc(C2CCN(C(=O)OC(C)(C)C)CC2)ccc1F. The van der Waals surface area contributed by atoms with Crippen LogP contribution in [-0.4, -0.2) is 52.4 Å². The number of carbonyl (C=O) groups excluding carboxylic acids is 1. The van der Waals surface area contributed by atoms with Crippen LogP contribution in [0.5, 0.6) is 0 Å². The lowest BCUT2D eigenvalue weighted by Crippen LogP contribution is -2.41. The highest BCUT2D eigenvalue weighted by atomic mass is 19.1. The largest absolute Gasteiger partial charge is 0.444 e. The van der Waals surface area contributed by atoms with Gasteiger partial charge in [-0.05, 0) is 51.7 Å². The zero-order valence-electron chi connectivity index (χ0n) is 17.7. The predicted octanol–water partition coefficient (Wildman–Crippen LogP) is 3.44. The monoisotopic (exact) mass is 395 g/mol. The van der Waals surface area contributed by atoms with Gasteiger partial charge in [0.15, 0.2) is 0 Å². The van der Waals surface area contributed by atoms with E-state index in [0.29, 0.717) is 18.8 Å². The Morgan fingerprint density at radius 2 is 2.00 bits per heavy atom. The van der Waals surface area contributed by atoms with Crippen LogP contribution in [0.4, 0.5) is 9.18 Å². The number of pyridine rings is 1. The Morgan fingerprint density at radius 3 is 2.54 bits per heavy atom. The molecule has 0 unspecified atom stereocenters. The summed E-state index contributed by atoms with van der Waals surface area (Å²) in [6, 6.07) is 3.10. The molecule has 2 N–H and O–H groups in total. The summed E-state index contributed by atoms with van der Waals surface area (Å²) in [7, 11) is 0. The quantitative estimate of drug-likeness (QED) is 0.772. The van der Waals surface area contributed by atoms with Gasteiger partial charge < -0.3 is 20.1 Å². The number of ether oxygens (including phenoxy) is 1. The summed E-state index contributed by atoms with van der Waals surface area (Å²) in [5, 5.41) is 12.6. The van der Waals surface area contributed by atoms with E-state index in [2.05, 4.69) is 10.3 Å². The third-order valence-corrected chi connectivity index (χ3v) is 5.04. The van der Waals surface area contributed by atoms with Crippen molar-refractivity contribution in [3.8, 4) is 0 Å². The van der Waals surface area contributed by atoms with Gasteiger partial charge in [0.05, 0.1) is 12.3 Å². The molecule has 1 atom stereocenters. The van der Waals surface area contributed by atoms with Gasteiger partial charge in [-0.3, -0.25) is 4.98 Å². The number of nitrogens with zero attached hydrogens (tertiary/aromatic N) is 2. The summed E-state index contributed by atoms with van der Waals surface area (Å²) in [5.74, 6) is 0.0908. The van der Waals surface area contributed by atoms with Gasteiger partial charge in [-0.1, -0.05) is 13.8 Å². The maximum Gasteiger partial charge on any atom is 0.410 e. The molecule has 1 aliphatic heterocycles. The number of amides is 1. The highest BCUT2D eigenvalue weighted by Gasteiger charge is 2.28. The van der Waals surface area contributed by atoms with Crippen molar-refractivity contribution in [1.29, 1.82) is 0 Å². The van der Waals surface area contributed by atoms with E-state index in [0.717, 1.165) is 18.5 Å². The molecule has 0 saturated carbocycles. The fourth-order valence-electron chi connectivity index (χ4n) is 3.28. The molecule has 2 heterocycles. The van der Waals surface area contributed by atoms with Crippen molar-refractivity contribution in [1.82, 2.24) is 15.2 Å². The van der Waals surface area contributed by atoms with Gasteiger partial charge in [-0.15, -0.1) is 0 Å². The highest BCUT2D eigenvalue weighted by Crippen LogP contribution is 2.28. The lowest BCUT2D eigenvalue weighted by Gasteiger charge is -2.33. The Hall–Kier alpha value is -1.73. The Bertz CT molecular complexity index is 653. The fraction of sp³-hybridized carbons (Fsp3) is 0.714. The first-order valence-corrected chi connectivity index (χ1v) is 10.1. The van der Waals surface area contributed by atoms with Crippen molar-refractivity contribution < 1.29 is 19.0 Å². The van der Waals surface area contributed by atoms with Crippen molar-refractivity contribution in [3.05, 3.63) is 29.3 Å². The van der Waals surface area contributed by atoms with E-state index >= 15 is 0 Å². The Kier molecular flexibility index (Phi) is 7.78. The number of nitrogens with one attached hydrogen (secondary N) is 1. The van der Waals surface area contributed by atoms with Crippen LogP contribution >= 0.6 is 0 Å². The molecule has 0 spiro atoms. The molecule has 0 bridgehead atoms. The van der Waals surface area contributed by atoms with Crippen molar-refractivity contribution >= 4 is 6.09 Å². The van der Waals surface area contributed by atoms with E-state index in [1.807, 2.05) is 34.6 Å². The number of aliphatic hydroxyl groups is 1. The van der Waals surface area contributed by atoms with Crippen LogP contribution in [0.1, 0.15) is 64.8 Å². The molecule has 28 heavy (non-hydrogen) atoms. The van der Waals surface area contributed by atoms with E-state index in [-0.39, 0.29) is 42.9 Å². The fourth-order valence-corrected chi connectivity index (χ4v) is 3.28. The molecular weight excluding hydrogens is 361 g/mol. The molecule has 7 heteroatoms. The summed E-state index contributed by atoms with van der Waals surface area (Å²) in [6.07, 6.45) is 1.26. The minimum absolute atomic E-state index is 0.00208. The smallest absolute Gasteiger partial charge is 0.410 e. The summed E-state index contributed by atoms with van der Waals surface area (Å²) >= 11 is 0. The Morgan fingerprint density at radius 1 is 1.36 bits per heavy atom. The third kappa shape index (κ3) is 6.41. The maximum atomic E-state index is 14.2.